The van der Waals surface area contributed by atoms with E-state index < -0.39 is 0 Å². The lowest BCUT2D eigenvalue weighted by atomic mass is 9.91. The van der Waals surface area contributed by atoms with Crippen molar-refractivity contribution in [3.8, 4) is 0 Å². The fourth-order valence-electron chi connectivity index (χ4n) is 2.65. The first-order valence-corrected chi connectivity index (χ1v) is 6.98. The Bertz CT molecular complexity index is 408. The van der Waals surface area contributed by atoms with Crippen molar-refractivity contribution in [3.63, 3.8) is 0 Å². The molecule has 1 aliphatic rings. The monoisotopic (exact) mass is 262 g/mol. The molecule has 2 heterocycles. The maximum Gasteiger partial charge on any atom is 0.228 e. The average Bonchev–Trinajstić information content (AvgIpc) is 2.47. The van der Waals surface area contributed by atoms with Gasteiger partial charge in [0.15, 0.2) is 0 Å². The fourth-order valence-corrected chi connectivity index (χ4v) is 2.65. The number of rotatable bonds is 4. The predicted molar refractivity (Wildman–Crippen MR) is 73.5 cm³/mol. The third kappa shape index (κ3) is 3.53. The predicted octanol–water partition coefficient (Wildman–Crippen LogP) is 2.25. The molecule has 4 heteroatoms. The van der Waals surface area contributed by atoms with Gasteiger partial charge in [-0.3, -0.25) is 9.78 Å². The molecule has 1 saturated heterocycles. The minimum atomic E-state index is 0.0191. The van der Waals surface area contributed by atoms with Crippen LogP contribution in [0.3, 0.4) is 0 Å². The SMILES string of the molecule is CC[C@H]1OCCC[C@H]1C(=O)N(C)Cc1ccncc1. The molecule has 0 radical (unpaired) electrons. The van der Waals surface area contributed by atoms with Crippen molar-refractivity contribution in [2.75, 3.05) is 13.7 Å². The normalized spacial score (nSPS) is 23.1. The van der Waals surface area contributed by atoms with E-state index >= 15 is 0 Å². The van der Waals surface area contributed by atoms with E-state index in [0.29, 0.717) is 6.54 Å². The highest BCUT2D eigenvalue weighted by Gasteiger charge is 2.32. The third-order valence-electron chi connectivity index (χ3n) is 3.71. The number of pyridine rings is 1. The van der Waals surface area contributed by atoms with Crippen LogP contribution in [-0.4, -0.2) is 35.5 Å². The summed E-state index contributed by atoms with van der Waals surface area (Å²) >= 11 is 0. The zero-order valence-corrected chi connectivity index (χ0v) is 11.7. The molecule has 0 spiro atoms. The summed E-state index contributed by atoms with van der Waals surface area (Å²) in [6, 6.07) is 3.89. The highest BCUT2D eigenvalue weighted by molar-refractivity contribution is 5.79. The molecule has 1 aromatic heterocycles. The quantitative estimate of drug-likeness (QED) is 0.835. The topological polar surface area (TPSA) is 42.4 Å². The number of amides is 1. The van der Waals surface area contributed by atoms with Gasteiger partial charge in [0.1, 0.15) is 0 Å². The van der Waals surface area contributed by atoms with Crippen LogP contribution >= 0.6 is 0 Å². The first-order chi connectivity index (χ1) is 9.22. The number of carbonyl (C=O) groups excluding carboxylic acids is 1. The molecule has 0 aliphatic carbocycles. The number of ether oxygens (including phenoxy) is 1. The first kappa shape index (κ1) is 14.0. The molecular formula is C15H22N2O2. The molecule has 1 aromatic rings. The van der Waals surface area contributed by atoms with Crippen LogP contribution in [0.15, 0.2) is 24.5 Å². The fraction of sp³-hybridized carbons (Fsp3) is 0.600. The van der Waals surface area contributed by atoms with Crippen molar-refractivity contribution in [3.05, 3.63) is 30.1 Å². The lowest BCUT2D eigenvalue weighted by Crippen LogP contribution is -2.41. The van der Waals surface area contributed by atoms with Crippen LogP contribution in [0.4, 0.5) is 0 Å². The molecule has 1 fully saturated rings. The minimum Gasteiger partial charge on any atom is -0.377 e. The molecule has 19 heavy (non-hydrogen) atoms. The Labute approximate surface area is 114 Å². The molecule has 0 saturated carbocycles. The number of hydrogen-bond acceptors (Lipinski definition) is 3. The second-order valence-corrected chi connectivity index (χ2v) is 5.12. The summed E-state index contributed by atoms with van der Waals surface area (Å²) in [7, 11) is 1.87. The van der Waals surface area contributed by atoms with Crippen LogP contribution < -0.4 is 0 Å². The molecule has 2 atom stereocenters. The van der Waals surface area contributed by atoms with E-state index in [1.165, 1.54) is 0 Å². The maximum absolute atomic E-state index is 12.5. The Kier molecular flexibility index (Phi) is 4.91. The summed E-state index contributed by atoms with van der Waals surface area (Å²) in [5.74, 6) is 0.217. The van der Waals surface area contributed by atoms with E-state index in [4.69, 9.17) is 4.74 Å². The largest absolute Gasteiger partial charge is 0.377 e. The van der Waals surface area contributed by atoms with E-state index in [9.17, 15) is 4.79 Å². The van der Waals surface area contributed by atoms with Gasteiger partial charge in [-0.15, -0.1) is 0 Å². The van der Waals surface area contributed by atoms with Gasteiger partial charge >= 0.3 is 0 Å². The van der Waals surface area contributed by atoms with Crippen LogP contribution in [0.25, 0.3) is 0 Å². The van der Waals surface area contributed by atoms with Crippen molar-refractivity contribution in [2.45, 2.75) is 38.8 Å². The number of aromatic nitrogens is 1. The third-order valence-corrected chi connectivity index (χ3v) is 3.71. The molecule has 2 rings (SSSR count). The van der Waals surface area contributed by atoms with E-state index in [1.54, 1.807) is 17.3 Å². The van der Waals surface area contributed by atoms with Crippen molar-refractivity contribution in [2.24, 2.45) is 5.92 Å². The van der Waals surface area contributed by atoms with Crippen molar-refractivity contribution in [1.82, 2.24) is 9.88 Å². The van der Waals surface area contributed by atoms with Crippen molar-refractivity contribution < 1.29 is 9.53 Å². The zero-order valence-electron chi connectivity index (χ0n) is 11.7. The summed E-state index contributed by atoms with van der Waals surface area (Å²) in [5.41, 5.74) is 1.11. The van der Waals surface area contributed by atoms with E-state index in [2.05, 4.69) is 11.9 Å². The van der Waals surface area contributed by atoms with Gasteiger partial charge in [0.25, 0.3) is 0 Å². The molecule has 1 amide bonds. The molecule has 0 bridgehead atoms. The van der Waals surface area contributed by atoms with Gasteiger partial charge in [-0.1, -0.05) is 6.92 Å². The van der Waals surface area contributed by atoms with Gasteiger partial charge < -0.3 is 9.64 Å². The van der Waals surface area contributed by atoms with E-state index in [-0.39, 0.29) is 17.9 Å². The van der Waals surface area contributed by atoms with Crippen LogP contribution in [0, 0.1) is 5.92 Å². The first-order valence-electron chi connectivity index (χ1n) is 6.98. The molecule has 104 valence electrons. The highest BCUT2D eigenvalue weighted by Crippen LogP contribution is 2.25. The number of hydrogen-bond donors (Lipinski definition) is 0. The highest BCUT2D eigenvalue weighted by atomic mass is 16.5. The lowest BCUT2D eigenvalue weighted by molar-refractivity contribution is -0.144. The van der Waals surface area contributed by atoms with Crippen LogP contribution in [0.2, 0.25) is 0 Å². The molecule has 1 aliphatic heterocycles. The summed E-state index contributed by atoms with van der Waals surface area (Å²) in [6.45, 7) is 3.50. The Morgan fingerprint density at radius 2 is 2.21 bits per heavy atom. The second kappa shape index (κ2) is 6.66. The minimum absolute atomic E-state index is 0.0191. The molecule has 0 unspecified atom stereocenters. The van der Waals surface area contributed by atoms with Gasteiger partial charge in [-0.2, -0.15) is 0 Å². The van der Waals surface area contributed by atoms with Crippen LogP contribution in [-0.2, 0) is 16.1 Å². The van der Waals surface area contributed by atoms with Crippen molar-refractivity contribution in [1.29, 1.82) is 0 Å². The van der Waals surface area contributed by atoms with Crippen LogP contribution in [0.1, 0.15) is 31.7 Å². The smallest absolute Gasteiger partial charge is 0.228 e. The summed E-state index contributed by atoms with van der Waals surface area (Å²) in [5, 5.41) is 0. The molecule has 0 aromatic carbocycles. The zero-order chi connectivity index (χ0) is 13.7. The summed E-state index contributed by atoms with van der Waals surface area (Å²) in [6.07, 6.45) is 6.42. The lowest BCUT2D eigenvalue weighted by Gasteiger charge is -2.33. The van der Waals surface area contributed by atoms with Gasteiger partial charge in [-0.25, -0.2) is 0 Å². The molecule has 4 nitrogen and oxygen atoms in total. The van der Waals surface area contributed by atoms with Gasteiger partial charge in [0, 0.05) is 32.6 Å². The summed E-state index contributed by atoms with van der Waals surface area (Å²) < 4.78 is 5.70. The number of carbonyl (C=O) groups is 1. The van der Waals surface area contributed by atoms with E-state index in [1.807, 2.05) is 19.2 Å². The maximum atomic E-state index is 12.5. The van der Waals surface area contributed by atoms with Gasteiger partial charge in [0.05, 0.1) is 12.0 Å². The summed E-state index contributed by atoms with van der Waals surface area (Å²) in [4.78, 5) is 18.3. The molecule has 0 N–H and O–H groups in total. The standard InChI is InChI=1S/C15H22N2O2/c1-3-14-13(5-4-10-19-14)15(18)17(2)11-12-6-8-16-9-7-12/h6-9,13-14H,3-5,10-11H2,1-2H3/t13-,14-/m1/s1. The Hall–Kier alpha value is -1.42. The van der Waals surface area contributed by atoms with E-state index in [0.717, 1.165) is 31.4 Å². The van der Waals surface area contributed by atoms with Gasteiger partial charge in [0.2, 0.25) is 5.91 Å². The van der Waals surface area contributed by atoms with Crippen LogP contribution in [0.5, 0.6) is 0 Å². The average molecular weight is 262 g/mol. The Morgan fingerprint density at radius 3 is 2.89 bits per heavy atom. The number of nitrogens with zero attached hydrogens (tertiary/aromatic N) is 2. The van der Waals surface area contributed by atoms with Crippen molar-refractivity contribution >= 4 is 5.91 Å². The Morgan fingerprint density at radius 1 is 1.47 bits per heavy atom. The second-order valence-electron chi connectivity index (χ2n) is 5.12. The Balaban J connectivity index is 1.98. The van der Waals surface area contributed by atoms with Gasteiger partial charge in [-0.05, 0) is 37.0 Å². The molecular weight excluding hydrogens is 240 g/mol.